The Labute approximate surface area is 139 Å². The van der Waals surface area contributed by atoms with Gasteiger partial charge in [-0.25, -0.2) is 0 Å². The fraction of sp³-hybridized carbons (Fsp3) is 0.235. The van der Waals surface area contributed by atoms with E-state index < -0.39 is 4.92 Å². The first-order chi connectivity index (χ1) is 11.7. The van der Waals surface area contributed by atoms with Crippen LogP contribution in [0.1, 0.15) is 5.56 Å². The molecule has 7 nitrogen and oxygen atoms in total. The van der Waals surface area contributed by atoms with Crippen LogP contribution in [0.3, 0.4) is 0 Å². The van der Waals surface area contributed by atoms with Crippen molar-refractivity contribution < 1.29 is 9.66 Å². The minimum absolute atomic E-state index is 0.00249. The molecule has 3 rings (SSSR count). The second-order valence-electron chi connectivity index (χ2n) is 5.34. The first-order valence-electron chi connectivity index (χ1n) is 7.69. The molecule has 1 aliphatic rings. The van der Waals surface area contributed by atoms with E-state index in [1.807, 2.05) is 24.3 Å². The Morgan fingerprint density at radius 1 is 1.12 bits per heavy atom. The van der Waals surface area contributed by atoms with Gasteiger partial charge in [-0.3, -0.25) is 15.5 Å². The van der Waals surface area contributed by atoms with Gasteiger partial charge in [-0.1, -0.05) is 24.3 Å². The van der Waals surface area contributed by atoms with E-state index in [2.05, 4.69) is 15.4 Å². The number of nitro benzene ring substituents is 1. The van der Waals surface area contributed by atoms with Crippen LogP contribution in [-0.4, -0.2) is 37.4 Å². The third-order valence-corrected chi connectivity index (χ3v) is 3.77. The van der Waals surface area contributed by atoms with Gasteiger partial charge in [0, 0.05) is 24.8 Å². The van der Waals surface area contributed by atoms with Gasteiger partial charge in [-0.05, 0) is 23.8 Å². The summed E-state index contributed by atoms with van der Waals surface area (Å²) in [6.45, 7) is 3.30. The average Bonchev–Trinajstić information content (AvgIpc) is 2.63. The predicted molar refractivity (Wildman–Crippen MR) is 93.8 cm³/mol. The maximum atomic E-state index is 10.9. The van der Waals surface area contributed by atoms with Gasteiger partial charge in [0.25, 0.3) is 5.69 Å². The number of nitrogens with zero attached hydrogens (tertiary/aromatic N) is 3. The van der Waals surface area contributed by atoms with Gasteiger partial charge in [-0.15, -0.1) is 0 Å². The molecular weight excluding hydrogens is 308 g/mol. The summed E-state index contributed by atoms with van der Waals surface area (Å²) in [5.74, 6) is 0. The molecule has 1 aliphatic heterocycles. The lowest BCUT2D eigenvalue weighted by molar-refractivity contribution is -0.384. The number of hydrogen-bond acceptors (Lipinski definition) is 6. The Kier molecular flexibility index (Phi) is 5.02. The van der Waals surface area contributed by atoms with E-state index in [9.17, 15) is 10.1 Å². The summed E-state index contributed by atoms with van der Waals surface area (Å²) in [4.78, 5) is 12.8. The number of ether oxygens (including phenoxy) is 1. The highest BCUT2D eigenvalue weighted by Crippen LogP contribution is 2.23. The zero-order chi connectivity index (χ0) is 16.8. The molecule has 1 heterocycles. The Morgan fingerprint density at radius 3 is 2.54 bits per heavy atom. The van der Waals surface area contributed by atoms with E-state index in [-0.39, 0.29) is 5.69 Å². The van der Waals surface area contributed by atoms with Crippen molar-refractivity contribution in [2.24, 2.45) is 5.10 Å². The van der Waals surface area contributed by atoms with Crippen molar-refractivity contribution in [3.05, 3.63) is 64.2 Å². The molecule has 0 aliphatic carbocycles. The van der Waals surface area contributed by atoms with Gasteiger partial charge in [0.05, 0.1) is 24.4 Å². The van der Waals surface area contributed by atoms with Crippen molar-refractivity contribution in [3.63, 3.8) is 0 Å². The van der Waals surface area contributed by atoms with E-state index in [1.165, 1.54) is 6.07 Å². The second-order valence-corrected chi connectivity index (χ2v) is 5.34. The fourth-order valence-electron chi connectivity index (χ4n) is 2.50. The smallest absolute Gasteiger partial charge is 0.294 e. The molecule has 1 saturated heterocycles. The molecule has 0 atom stereocenters. The van der Waals surface area contributed by atoms with E-state index in [4.69, 9.17) is 4.74 Å². The number of morpholine rings is 1. The van der Waals surface area contributed by atoms with Gasteiger partial charge < -0.3 is 9.64 Å². The van der Waals surface area contributed by atoms with E-state index in [0.29, 0.717) is 5.69 Å². The van der Waals surface area contributed by atoms with Gasteiger partial charge in [0.2, 0.25) is 0 Å². The number of benzene rings is 2. The molecule has 0 radical (unpaired) electrons. The van der Waals surface area contributed by atoms with Crippen molar-refractivity contribution in [1.29, 1.82) is 0 Å². The van der Waals surface area contributed by atoms with Crippen LogP contribution in [0.5, 0.6) is 0 Å². The largest absolute Gasteiger partial charge is 0.378 e. The average molecular weight is 326 g/mol. The van der Waals surface area contributed by atoms with Crippen molar-refractivity contribution in [2.75, 3.05) is 36.6 Å². The van der Waals surface area contributed by atoms with E-state index in [0.717, 1.165) is 37.6 Å². The summed E-state index contributed by atoms with van der Waals surface area (Å²) in [5.41, 5.74) is 5.15. The molecule has 7 heteroatoms. The Balaban J connectivity index is 1.64. The molecular formula is C17H18N4O3. The Morgan fingerprint density at radius 2 is 1.83 bits per heavy atom. The summed E-state index contributed by atoms with van der Waals surface area (Å²) in [6.07, 6.45) is 1.64. The van der Waals surface area contributed by atoms with Gasteiger partial charge >= 0.3 is 0 Å². The number of hydrazone groups is 1. The topological polar surface area (TPSA) is 80.0 Å². The second kappa shape index (κ2) is 7.56. The quantitative estimate of drug-likeness (QED) is 0.519. The van der Waals surface area contributed by atoms with Crippen LogP contribution in [0.2, 0.25) is 0 Å². The highest BCUT2D eigenvalue weighted by Gasteiger charge is 2.11. The molecule has 0 saturated carbocycles. The lowest BCUT2D eigenvalue weighted by atomic mass is 10.2. The summed E-state index contributed by atoms with van der Waals surface area (Å²) in [7, 11) is 0. The monoisotopic (exact) mass is 326 g/mol. The summed E-state index contributed by atoms with van der Waals surface area (Å²) in [6, 6.07) is 14.4. The first-order valence-corrected chi connectivity index (χ1v) is 7.69. The SMILES string of the molecule is O=[N+]([O-])c1ccccc1NN=Cc1ccc(N2CCOCC2)cc1. The van der Waals surface area contributed by atoms with Gasteiger partial charge in [0.1, 0.15) is 5.69 Å². The molecule has 2 aromatic carbocycles. The highest BCUT2D eigenvalue weighted by molar-refractivity contribution is 5.81. The van der Waals surface area contributed by atoms with Crippen LogP contribution in [-0.2, 0) is 4.74 Å². The maximum Gasteiger partial charge on any atom is 0.294 e. The van der Waals surface area contributed by atoms with Crippen LogP contribution < -0.4 is 10.3 Å². The maximum absolute atomic E-state index is 10.9. The first kappa shape index (κ1) is 15.9. The summed E-state index contributed by atoms with van der Waals surface area (Å²) >= 11 is 0. The summed E-state index contributed by atoms with van der Waals surface area (Å²) < 4.78 is 5.35. The zero-order valence-corrected chi connectivity index (χ0v) is 13.1. The standard InChI is InChI=1S/C17H18N4O3/c22-21(23)17-4-2-1-3-16(17)19-18-13-14-5-7-15(8-6-14)20-9-11-24-12-10-20/h1-8,13,19H,9-12H2. The molecule has 1 fully saturated rings. The molecule has 2 aromatic rings. The molecule has 0 spiro atoms. The molecule has 0 amide bonds. The van der Waals surface area contributed by atoms with Crippen LogP contribution in [0.25, 0.3) is 0 Å². The van der Waals surface area contributed by atoms with E-state index >= 15 is 0 Å². The number of para-hydroxylation sites is 2. The minimum Gasteiger partial charge on any atom is -0.378 e. The lowest BCUT2D eigenvalue weighted by Gasteiger charge is -2.28. The fourth-order valence-corrected chi connectivity index (χ4v) is 2.50. The molecule has 124 valence electrons. The molecule has 0 unspecified atom stereocenters. The molecule has 24 heavy (non-hydrogen) atoms. The number of nitrogens with one attached hydrogen (secondary N) is 1. The van der Waals surface area contributed by atoms with Crippen LogP contribution in [0, 0.1) is 10.1 Å². The number of nitro groups is 1. The zero-order valence-electron chi connectivity index (χ0n) is 13.1. The predicted octanol–water partition coefficient (Wildman–Crippen LogP) is 2.88. The Bertz CT molecular complexity index is 725. The number of rotatable bonds is 5. The minimum atomic E-state index is -0.436. The third kappa shape index (κ3) is 3.88. The van der Waals surface area contributed by atoms with Gasteiger partial charge in [0.15, 0.2) is 0 Å². The normalized spacial score (nSPS) is 14.8. The van der Waals surface area contributed by atoms with Crippen molar-refractivity contribution in [1.82, 2.24) is 0 Å². The summed E-state index contributed by atoms with van der Waals surface area (Å²) in [5, 5.41) is 15.0. The van der Waals surface area contributed by atoms with E-state index in [1.54, 1.807) is 24.4 Å². The number of anilines is 2. The molecule has 0 aromatic heterocycles. The third-order valence-electron chi connectivity index (χ3n) is 3.77. The molecule has 1 N–H and O–H groups in total. The van der Waals surface area contributed by atoms with Crippen LogP contribution in [0.15, 0.2) is 53.6 Å². The Hall–Kier alpha value is -2.93. The van der Waals surface area contributed by atoms with Crippen LogP contribution >= 0.6 is 0 Å². The molecule has 0 bridgehead atoms. The van der Waals surface area contributed by atoms with Gasteiger partial charge in [-0.2, -0.15) is 5.10 Å². The van der Waals surface area contributed by atoms with Crippen molar-refractivity contribution >= 4 is 23.3 Å². The highest BCUT2D eigenvalue weighted by atomic mass is 16.6. The van der Waals surface area contributed by atoms with Crippen LogP contribution in [0.4, 0.5) is 17.1 Å². The number of hydrogen-bond donors (Lipinski definition) is 1. The van der Waals surface area contributed by atoms with Crippen molar-refractivity contribution in [2.45, 2.75) is 0 Å². The lowest BCUT2D eigenvalue weighted by Crippen LogP contribution is -2.36. The van der Waals surface area contributed by atoms with Crippen molar-refractivity contribution in [3.8, 4) is 0 Å².